The van der Waals surface area contributed by atoms with Gasteiger partial charge >= 0.3 is 0 Å². The summed E-state index contributed by atoms with van der Waals surface area (Å²) < 4.78 is 1.09. The number of hydrogen-bond donors (Lipinski definition) is 1. The first-order valence-electron chi connectivity index (χ1n) is 5.07. The normalized spacial score (nSPS) is 13.9. The van der Waals surface area contributed by atoms with Gasteiger partial charge in [0.25, 0.3) is 0 Å². The Morgan fingerprint density at radius 1 is 1.20 bits per heavy atom. The van der Waals surface area contributed by atoms with Crippen LogP contribution in [0.2, 0.25) is 0 Å². The second-order valence-corrected chi connectivity index (χ2v) is 5.52. The van der Waals surface area contributed by atoms with Crippen LogP contribution in [-0.2, 0) is 4.84 Å². The molecular formula is C12H18BrNO. The van der Waals surface area contributed by atoms with Gasteiger partial charge in [0.05, 0.1) is 11.6 Å². The van der Waals surface area contributed by atoms with Crippen LogP contribution in [0.15, 0.2) is 28.7 Å². The van der Waals surface area contributed by atoms with Crippen LogP contribution < -0.4 is 5.48 Å². The lowest BCUT2D eigenvalue weighted by molar-refractivity contribution is -0.0866. The number of hydroxylamine groups is 1. The highest BCUT2D eigenvalue weighted by atomic mass is 79.9. The predicted octanol–water partition coefficient (Wildman–Crippen LogP) is 3.83. The van der Waals surface area contributed by atoms with Crippen molar-refractivity contribution in [3.63, 3.8) is 0 Å². The zero-order valence-electron chi connectivity index (χ0n) is 9.67. The molecule has 0 saturated heterocycles. The molecular weight excluding hydrogens is 254 g/mol. The quantitative estimate of drug-likeness (QED) is 0.844. The first kappa shape index (κ1) is 12.7. The maximum Gasteiger partial charge on any atom is 0.0813 e. The summed E-state index contributed by atoms with van der Waals surface area (Å²) in [6.07, 6.45) is 0. The van der Waals surface area contributed by atoms with Crippen molar-refractivity contribution in [3.05, 3.63) is 34.3 Å². The van der Waals surface area contributed by atoms with Gasteiger partial charge in [-0.05, 0) is 45.4 Å². The van der Waals surface area contributed by atoms with Crippen LogP contribution in [0.5, 0.6) is 0 Å². The van der Waals surface area contributed by atoms with E-state index < -0.39 is 0 Å². The predicted molar refractivity (Wildman–Crippen MR) is 66.5 cm³/mol. The molecule has 0 aromatic heterocycles. The standard InChI is InChI=1S/C12H18BrNO/c1-9(14-15-12(2,3)4)10-5-7-11(13)8-6-10/h5-9,14H,1-4H3. The fraction of sp³-hybridized carbons (Fsp3) is 0.500. The van der Waals surface area contributed by atoms with E-state index >= 15 is 0 Å². The van der Waals surface area contributed by atoms with Crippen molar-refractivity contribution in [1.29, 1.82) is 0 Å². The van der Waals surface area contributed by atoms with Crippen LogP contribution >= 0.6 is 15.9 Å². The number of hydrogen-bond acceptors (Lipinski definition) is 2. The van der Waals surface area contributed by atoms with Gasteiger partial charge in [0.2, 0.25) is 0 Å². The Morgan fingerprint density at radius 2 is 1.73 bits per heavy atom. The van der Waals surface area contributed by atoms with Crippen LogP contribution in [0.25, 0.3) is 0 Å². The number of benzene rings is 1. The average molecular weight is 272 g/mol. The Bertz CT molecular complexity index is 302. The topological polar surface area (TPSA) is 21.3 Å². The maximum absolute atomic E-state index is 5.51. The highest BCUT2D eigenvalue weighted by Gasteiger charge is 2.13. The van der Waals surface area contributed by atoms with E-state index in [1.807, 2.05) is 32.9 Å². The van der Waals surface area contributed by atoms with Gasteiger partial charge in [0, 0.05) is 4.47 Å². The summed E-state index contributed by atoms with van der Waals surface area (Å²) in [5.74, 6) is 0. The van der Waals surface area contributed by atoms with Crippen LogP contribution in [0, 0.1) is 0 Å². The molecule has 1 N–H and O–H groups in total. The molecule has 15 heavy (non-hydrogen) atoms. The lowest BCUT2D eigenvalue weighted by atomic mass is 10.1. The van der Waals surface area contributed by atoms with Crippen molar-refractivity contribution >= 4 is 15.9 Å². The Balaban J connectivity index is 2.54. The molecule has 0 aliphatic rings. The first-order valence-corrected chi connectivity index (χ1v) is 5.87. The van der Waals surface area contributed by atoms with Gasteiger partial charge in [0.15, 0.2) is 0 Å². The van der Waals surface area contributed by atoms with Gasteiger partial charge < -0.3 is 0 Å². The molecule has 1 unspecified atom stereocenters. The van der Waals surface area contributed by atoms with E-state index in [2.05, 4.69) is 40.5 Å². The van der Waals surface area contributed by atoms with Crippen LogP contribution in [0.3, 0.4) is 0 Å². The fourth-order valence-electron chi connectivity index (χ4n) is 1.08. The summed E-state index contributed by atoms with van der Waals surface area (Å²) >= 11 is 3.41. The van der Waals surface area contributed by atoms with Gasteiger partial charge in [-0.2, -0.15) is 5.48 Å². The molecule has 84 valence electrons. The third-order valence-electron chi connectivity index (χ3n) is 1.91. The third kappa shape index (κ3) is 4.78. The van der Waals surface area contributed by atoms with E-state index in [1.54, 1.807) is 0 Å². The summed E-state index contributed by atoms with van der Waals surface area (Å²) in [4.78, 5) is 5.51. The lowest BCUT2D eigenvalue weighted by Crippen LogP contribution is -2.30. The van der Waals surface area contributed by atoms with E-state index in [4.69, 9.17) is 4.84 Å². The highest BCUT2D eigenvalue weighted by Crippen LogP contribution is 2.17. The minimum Gasteiger partial charge on any atom is -0.296 e. The molecule has 2 nitrogen and oxygen atoms in total. The number of halogens is 1. The molecule has 0 amide bonds. The van der Waals surface area contributed by atoms with Gasteiger partial charge in [0.1, 0.15) is 0 Å². The van der Waals surface area contributed by atoms with E-state index in [-0.39, 0.29) is 11.6 Å². The van der Waals surface area contributed by atoms with Crippen LogP contribution in [0.1, 0.15) is 39.3 Å². The lowest BCUT2D eigenvalue weighted by Gasteiger charge is -2.23. The molecule has 0 aliphatic heterocycles. The monoisotopic (exact) mass is 271 g/mol. The number of rotatable bonds is 3. The van der Waals surface area contributed by atoms with E-state index in [1.165, 1.54) is 5.56 Å². The molecule has 0 fully saturated rings. The number of nitrogens with one attached hydrogen (secondary N) is 1. The molecule has 0 heterocycles. The summed E-state index contributed by atoms with van der Waals surface area (Å²) in [5, 5.41) is 0. The van der Waals surface area contributed by atoms with Gasteiger partial charge in [-0.15, -0.1) is 0 Å². The summed E-state index contributed by atoms with van der Waals surface area (Å²) in [6, 6.07) is 8.41. The molecule has 0 radical (unpaired) electrons. The second-order valence-electron chi connectivity index (χ2n) is 4.61. The SMILES string of the molecule is CC(NOC(C)(C)C)c1ccc(Br)cc1. The largest absolute Gasteiger partial charge is 0.296 e. The Labute approximate surface area is 100 Å². The zero-order chi connectivity index (χ0) is 11.5. The molecule has 0 bridgehead atoms. The van der Waals surface area contributed by atoms with Crippen molar-refractivity contribution in [3.8, 4) is 0 Å². The van der Waals surface area contributed by atoms with Crippen molar-refractivity contribution in [2.24, 2.45) is 0 Å². The van der Waals surface area contributed by atoms with Crippen molar-refractivity contribution in [2.45, 2.75) is 39.3 Å². The second kappa shape index (κ2) is 5.10. The summed E-state index contributed by atoms with van der Waals surface area (Å²) in [5.41, 5.74) is 4.09. The highest BCUT2D eigenvalue weighted by molar-refractivity contribution is 9.10. The van der Waals surface area contributed by atoms with E-state index in [0.29, 0.717) is 0 Å². The van der Waals surface area contributed by atoms with Gasteiger partial charge in [-0.3, -0.25) is 4.84 Å². The molecule has 0 aliphatic carbocycles. The summed E-state index contributed by atoms with van der Waals surface area (Å²) in [6.45, 7) is 8.14. The molecule has 1 aromatic carbocycles. The van der Waals surface area contributed by atoms with Crippen LogP contribution in [0.4, 0.5) is 0 Å². The first-order chi connectivity index (χ1) is 6.88. The van der Waals surface area contributed by atoms with Gasteiger partial charge in [-0.1, -0.05) is 28.1 Å². The zero-order valence-corrected chi connectivity index (χ0v) is 11.3. The molecule has 1 atom stereocenters. The fourth-order valence-corrected chi connectivity index (χ4v) is 1.35. The maximum atomic E-state index is 5.51. The average Bonchev–Trinajstić information content (AvgIpc) is 2.14. The minimum absolute atomic E-state index is 0.163. The molecule has 3 heteroatoms. The molecule has 0 saturated carbocycles. The van der Waals surface area contributed by atoms with Gasteiger partial charge in [-0.25, -0.2) is 0 Å². The Hall–Kier alpha value is -0.380. The van der Waals surface area contributed by atoms with Crippen molar-refractivity contribution < 1.29 is 4.84 Å². The van der Waals surface area contributed by atoms with Crippen LogP contribution in [-0.4, -0.2) is 5.60 Å². The smallest absolute Gasteiger partial charge is 0.0813 e. The summed E-state index contributed by atoms with van der Waals surface area (Å²) in [7, 11) is 0. The van der Waals surface area contributed by atoms with Crippen molar-refractivity contribution in [1.82, 2.24) is 5.48 Å². The third-order valence-corrected chi connectivity index (χ3v) is 2.44. The Morgan fingerprint density at radius 3 is 2.20 bits per heavy atom. The minimum atomic E-state index is -0.163. The van der Waals surface area contributed by atoms with E-state index in [9.17, 15) is 0 Å². The molecule has 0 spiro atoms. The molecule has 1 aromatic rings. The van der Waals surface area contributed by atoms with Crippen molar-refractivity contribution in [2.75, 3.05) is 0 Å². The van der Waals surface area contributed by atoms with E-state index in [0.717, 1.165) is 4.47 Å². The Kier molecular flexibility index (Phi) is 4.32. The molecule has 1 rings (SSSR count).